The van der Waals surface area contributed by atoms with Crippen LogP contribution in [-0.2, 0) is 10.1 Å². The van der Waals surface area contributed by atoms with Gasteiger partial charge in [-0.15, -0.1) is 0 Å². The predicted molar refractivity (Wildman–Crippen MR) is 106 cm³/mol. The van der Waals surface area contributed by atoms with E-state index in [1.807, 2.05) is 6.08 Å². The molecule has 0 radical (unpaired) electrons. The van der Waals surface area contributed by atoms with E-state index in [1.165, 1.54) is 44.9 Å². The first-order chi connectivity index (χ1) is 12.0. The Morgan fingerprint density at radius 3 is 1.76 bits per heavy atom. The number of hydrogen-bond donors (Lipinski definition) is 2. The molecule has 1 atom stereocenters. The lowest BCUT2D eigenvalue weighted by molar-refractivity contribution is 0.209. The molecule has 0 heterocycles. The molecule has 25 heavy (non-hydrogen) atoms. The van der Waals surface area contributed by atoms with Gasteiger partial charge in [-0.3, -0.25) is 4.55 Å². The summed E-state index contributed by atoms with van der Waals surface area (Å²) < 4.78 is 29.7. The van der Waals surface area contributed by atoms with Crippen LogP contribution in [0.15, 0.2) is 12.2 Å². The van der Waals surface area contributed by atoms with Gasteiger partial charge in [0.15, 0.2) is 0 Å². The minimum Gasteiger partial charge on any atom is -0.389 e. The third-order valence-corrected chi connectivity index (χ3v) is 5.29. The van der Waals surface area contributed by atoms with E-state index in [0.29, 0.717) is 6.42 Å². The fourth-order valence-corrected chi connectivity index (χ4v) is 3.47. The number of hydrogen-bond acceptors (Lipinski definition) is 3. The molecule has 4 nitrogen and oxygen atoms in total. The van der Waals surface area contributed by atoms with Gasteiger partial charge >= 0.3 is 0 Å². The molecule has 0 aromatic rings. The van der Waals surface area contributed by atoms with E-state index in [2.05, 4.69) is 13.0 Å². The zero-order valence-electron chi connectivity index (χ0n) is 16.2. The summed E-state index contributed by atoms with van der Waals surface area (Å²) in [6.07, 6.45) is 20.5. The molecule has 0 unspecified atom stereocenters. The highest BCUT2D eigenvalue weighted by atomic mass is 32.2. The molecule has 0 spiro atoms. The van der Waals surface area contributed by atoms with Crippen molar-refractivity contribution < 1.29 is 18.1 Å². The maximum absolute atomic E-state index is 10.6. The molecule has 0 aliphatic carbocycles. The van der Waals surface area contributed by atoms with Gasteiger partial charge in [-0.05, 0) is 25.7 Å². The Kier molecular flexibility index (Phi) is 16.8. The first-order valence-corrected chi connectivity index (χ1v) is 11.9. The molecule has 0 saturated heterocycles. The molecular weight excluding hydrogens is 336 g/mol. The monoisotopic (exact) mass is 376 g/mol. The van der Waals surface area contributed by atoms with Crippen molar-refractivity contribution in [1.82, 2.24) is 0 Å². The molecule has 0 fully saturated rings. The second kappa shape index (κ2) is 17.0. The highest BCUT2D eigenvalue weighted by molar-refractivity contribution is 7.85. The Labute approximate surface area is 155 Å². The molecule has 150 valence electrons. The molecule has 2 N–H and O–H groups in total. The third kappa shape index (κ3) is 21.6. The van der Waals surface area contributed by atoms with Gasteiger partial charge < -0.3 is 5.11 Å². The molecule has 5 heteroatoms. The molecular formula is C20H40O4S. The van der Waals surface area contributed by atoms with Crippen LogP contribution in [0.3, 0.4) is 0 Å². The summed E-state index contributed by atoms with van der Waals surface area (Å²) in [6, 6.07) is 0. The topological polar surface area (TPSA) is 74.6 Å². The largest absolute Gasteiger partial charge is 0.389 e. The summed E-state index contributed by atoms with van der Waals surface area (Å²) in [4.78, 5) is 0. The van der Waals surface area contributed by atoms with Gasteiger partial charge in [0.2, 0.25) is 0 Å². The molecule has 0 rings (SSSR count). The van der Waals surface area contributed by atoms with Crippen molar-refractivity contribution in [2.45, 2.75) is 109 Å². The van der Waals surface area contributed by atoms with Crippen molar-refractivity contribution in [3.63, 3.8) is 0 Å². The number of aliphatic hydroxyl groups is 1. The molecule has 0 aliphatic rings. The maximum Gasteiger partial charge on any atom is 0.264 e. The lowest BCUT2D eigenvalue weighted by Crippen LogP contribution is -2.03. The van der Waals surface area contributed by atoms with E-state index >= 15 is 0 Å². The summed E-state index contributed by atoms with van der Waals surface area (Å²) in [5.41, 5.74) is 0. The third-order valence-electron chi connectivity index (χ3n) is 4.48. The fourth-order valence-electron chi connectivity index (χ4n) is 2.90. The van der Waals surface area contributed by atoms with Crippen LogP contribution >= 0.6 is 0 Å². The van der Waals surface area contributed by atoms with Crippen molar-refractivity contribution in [1.29, 1.82) is 0 Å². The predicted octanol–water partition coefficient (Wildman–Crippen LogP) is 5.66. The van der Waals surface area contributed by atoms with Crippen LogP contribution in [0.2, 0.25) is 0 Å². The van der Waals surface area contributed by atoms with Crippen molar-refractivity contribution in [2.75, 3.05) is 5.75 Å². The van der Waals surface area contributed by atoms with E-state index in [4.69, 9.17) is 4.55 Å². The van der Waals surface area contributed by atoms with Gasteiger partial charge in [0.1, 0.15) is 0 Å². The minimum atomic E-state index is -3.77. The van der Waals surface area contributed by atoms with Crippen LogP contribution in [0, 0.1) is 0 Å². The van der Waals surface area contributed by atoms with Crippen molar-refractivity contribution in [3.05, 3.63) is 12.2 Å². The van der Waals surface area contributed by atoms with Crippen molar-refractivity contribution in [2.24, 2.45) is 0 Å². The van der Waals surface area contributed by atoms with Crippen LogP contribution in [0.25, 0.3) is 0 Å². The smallest absolute Gasteiger partial charge is 0.264 e. The van der Waals surface area contributed by atoms with Crippen molar-refractivity contribution in [3.8, 4) is 0 Å². The van der Waals surface area contributed by atoms with Crippen molar-refractivity contribution >= 4 is 10.1 Å². The lowest BCUT2D eigenvalue weighted by atomic mass is 10.0. The maximum atomic E-state index is 10.6. The van der Waals surface area contributed by atoms with E-state index in [0.717, 1.165) is 44.9 Å². The van der Waals surface area contributed by atoms with E-state index < -0.39 is 10.1 Å². The zero-order valence-corrected chi connectivity index (χ0v) is 17.0. The van der Waals surface area contributed by atoms with Crippen LogP contribution in [0.5, 0.6) is 0 Å². The summed E-state index contributed by atoms with van der Waals surface area (Å²) >= 11 is 0. The van der Waals surface area contributed by atoms with Crippen LogP contribution in [0.4, 0.5) is 0 Å². The average molecular weight is 377 g/mol. The highest BCUT2D eigenvalue weighted by Gasteiger charge is 2.02. The van der Waals surface area contributed by atoms with Gasteiger partial charge in [0, 0.05) is 0 Å². The summed E-state index contributed by atoms with van der Waals surface area (Å²) in [5, 5.41) is 9.68. The molecule has 0 aromatic heterocycles. The van der Waals surface area contributed by atoms with Crippen LogP contribution in [0.1, 0.15) is 103 Å². The molecule has 0 amide bonds. The first-order valence-electron chi connectivity index (χ1n) is 10.3. The van der Waals surface area contributed by atoms with E-state index in [9.17, 15) is 13.5 Å². The number of aliphatic hydroxyl groups excluding tert-OH is 1. The summed E-state index contributed by atoms with van der Waals surface area (Å²) in [7, 11) is -3.77. The Morgan fingerprint density at radius 1 is 0.800 bits per heavy atom. The SMILES string of the molecule is CCCC[C@@H](O)C=CCCCCCCCCCCCCCS(=O)(=O)O. The fraction of sp³-hybridized carbons (Fsp3) is 0.900. The molecule has 0 aromatic carbocycles. The molecule has 0 aliphatic heterocycles. The normalized spacial score (nSPS) is 13.6. The quantitative estimate of drug-likeness (QED) is 0.184. The Morgan fingerprint density at radius 2 is 1.28 bits per heavy atom. The highest BCUT2D eigenvalue weighted by Crippen LogP contribution is 2.12. The minimum absolute atomic E-state index is 0.0973. The summed E-state index contributed by atoms with van der Waals surface area (Å²) in [6.45, 7) is 2.14. The number of allylic oxidation sites excluding steroid dienone is 1. The zero-order chi connectivity index (χ0) is 18.8. The lowest BCUT2D eigenvalue weighted by Gasteiger charge is -2.04. The molecule has 0 bridgehead atoms. The number of unbranched alkanes of at least 4 members (excludes halogenated alkanes) is 12. The Hall–Kier alpha value is -0.390. The number of rotatable bonds is 18. The van der Waals surface area contributed by atoms with Crippen LogP contribution in [-0.4, -0.2) is 29.9 Å². The van der Waals surface area contributed by atoms with E-state index in [1.54, 1.807) is 0 Å². The van der Waals surface area contributed by atoms with Gasteiger partial charge in [-0.25, -0.2) is 0 Å². The average Bonchev–Trinajstić information content (AvgIpc) is 2.55. The van der Waals surface area contributed by atoms with Gasteiger partial charge in [0.05, 0.1) is 11.9 Å². The van der Waals surface area contributed by atoms with E-state index in [-0.39, 0.29) is 11.9 Å². The van der Waals surface area contributed by atoms with Gasteiger partial charge in [0.25, 0.3) is 10.1 Å². The van der Waals surface area contributed by atoms with Gasteiger partial charge in [-0.1, -0.05) is 89.7 Å². The second-order valence-corrected chi connectivity index (χ2v) is 8.67. The standard InChI is InChI=1S/C20H40O4S/c1-2-3-17-20(21)18-15-13-11-9-7-5-4-6-8-10-12-14-16-19-25(22,23)24/h15,18,20-21H,2-14,16-17,19H2,1H3,(H,22,23,24)/t20-/m1/s1. The first kappa shape index (κ1) is 24.6. The van der Waals surface area contributed by atoms with Gasteiger partial charge in [-0.2, -0.15) is 8.42 Å². The van der Waals surface area contributed by atoms with Crippen LogP contribution < -0.4 is 0 Å². The second-order valence-electron chi connectivity index (χ2n) is 7.10. The Balaban J connectivity index is 3.20. The summed E-state index contributed by atoms with van der Waals surface area (Å²) in [5.74, 6) is -0.0973. The molecule has 0 saturated carbocycles. The Bertz CT molecular complexity index is 404.